The van der Waals surface area contributed by atoms with E-state index in [-0.39, 0.29) is 17.3 Å². The molecule has 1 aliphatic rings. The molecule has 5 aromatic heterocycles. The van der Waals surface area contributed by atoms with Crippen molar-refractivity contribution >= 4 is 72.1 Å². The van der Waals surface area contributed by atoms with Crippen LogP contribution in [0.25, 0.3) is 42.9 Å². The predicted molar refractivity (Wildman–Crippen MR) is 175 cm³/mol. The number of thiazole rings is 2. The van der Waals surface area contributed by atoms with Crippen LogP contribution in [0.5, 0.6) is 0 Å². The van der Waals surface area contributed by atoms with E-state index in [0.29, 0.717) is 11.0 Å². The van der Waals surface area contributed by atoms with E-state index in [0.717, 1.165) is 84.9 Å². The van der Waals surface area contributed by atoms with Gasteiger partial charge in [-0.3, -0.25) is 4.79 Å². The van der Waals surface area contributed by atoms with Crippen LogP contribution < -0.4 is 5.32 Å². The number of thiophene rings is 1. The second-order valence-corrected chi connectivity index (χ2v) is 14.1. The van der Waals surface area contributed by atoms with Crippen LogP contribution in [-0.4, -0.2) is 36.5 Å². The standard InChI is InChI=1S/C32H29N5O3S3/c1-17-29(42-18(2)34-17)23-11-8-20-14-21(9-10-22(20)35-23)28-27(19-6-4-3-5-7-19)30-24(15-25(43-30)31(39)40)37(28)16-26(38)36-32-33-12-13-41-32/h8-15,19H,3-7,16H2,1-2H3,(H,39,40)(H,33,36,38). The third-order valence-electron chi connectivity index (χ3n) is 8.08. The Hall–Kier alpha value is -3.93. The molecule has 11 heteroatoms. The van der Waals surface area contributed by atoms with Crippen LogP contribution in [0.15, 0.2) is 48.0 Å². The monoisotopic (exact) mass is 627 g/mol. The van der Waals surface area contributed by atoms with Crippen molar-refractivity contribution in [3.63, 3.8) is 0 Å². The van der Waals surface area contributed by atoms with E-state index in [1.54, 1.807) is 23.6 Å². The number of nitrogens with one attached hydrogen (secondary N) is 1. The number of carbonyl (C=O) groups is 2. The number of anilines is 1. The van der Waals surface area contributed by atoms with Gasteiger partial charge in [0.05, 0.1) is 42.7 Å². The lowest BCUT2D eigenvalue weighted by molar-refractivity contribution is -0.116. The van der Waals surface area contributed by atoms with E-state index in [4.69, 9.17) is 4.98 Å². The molecule has 0 bridgehead atoms. The molecule has 0 aliphatic heterocycles. The Bertz CT molecular complexity index is 2000. The minimum absolute atomic E-state index is 0.0488. The molecule has 1 aromatic carbocycles. The maximum atomic E-state index is 13.4. The lowest BCUT2D eigenvalue weighted by atomic mass is 9.83. The van der Waals surface area contributed by atoms with Crippen molar-refractivity contribution in [2.45, 2.75) is 58.4 Å². The smallest absolute Gasteiger partial charge is 0.345 e. The first kappa shape index (κ1) is 27.9. The van der Waals surface area contributed by atoms with Gasteiger partial charge in [-0.2, -0.15) is 0 Å². The molecule has 218 valence electrons. The number of carbonyl (C=O) groups excluding carboxylic acids is 1. The van der Waals surface area contributed by atoms with Crippen LogP contribution in [-0.2, 0) is 11.3 Å². The minimum atomic E-state index is -0.949. The first-order chi connectivity index (χ1) is 20.9. The molecule has 1 amide bonds. The molecule has 43 heavy (non-hydrogen) atoms. The summed E-state index contributed by atoms with van der Waals surface area (Å²) in [5, 5.41) is 17.2. The van der Waals surface area contributed by atoms with Crippen LogP contribution in [0.3, 0.4) is 0 Å². The number of carboxylic acids is 1. The number of nitrogens with zero attached hydrogens (tertiary/aromatic N) is 4. The van der Waals surface area contributed by atoms with Gasteiger partial charge in [0.15, 0.2) is 5.13 Å². The lowest BCUT2D eigenvalue weighted by Gasteiger charge is -2.23. The molecule has 1 fully saturated rings. The van der Waals surface area contributed by atoms with Gasteiger partial charge in [-0.1, -0.05) is 31.4 Å². The van der Waals surface area contributed by atoms with E-state index in [2.05, 4.69) is 33.5 Å². The number of aryl methyl sites for hydroxylation is 2. The van der Waals surface area contributed by atoms with Crippen LogP contribution in [0.1, 0.15) is 64.0 Å². The summed E-state index contributed by atoms with van der Waals surface area (Å²) in [5.41, 5.74) is 6.72. The molecule has 1 saturated carbocycles. The molecule has 0 saturated heterocycles. The van der Waals surface area contributed by atoms with Crippen molar-refractivity contribution in [3.05, 3.63) is 69.1 Å². The topological polar surface area (TPSA) is 110 Å². The van der Waals surface area contributed by atoms with Gasteiger partial charge in [0, 0.05) is 17.0 Å². The average molecular weight is 628 g/mol. The zero-order valence-electron chi connectivity index (χ0n) is 23.7. The number of amides is 1. The van der Waals surface area contributed by atoms with Gasteiger partial charge in [-0.15, -0.1) is 34.0 Å². The van der Waals surface area contributed by atoms with E-state index in [1.807, 2.05) is 35.9 Å². The quantitative estimate of drug-likeness (QED) is 0.184. The molecule has 0 radical (unpaired) electrons. The predicted octanol–water partition coefficient (Wildman–Crippen LogP) is 8.50. The Balaban J connectivity index is 1.39. The number of fused-ring (bicyclic) bond motifs is 2. The van der Waals surface area contributed by atoms with Crippen LogP contribution in [0, 0.1) is 13.8 Å². The molecule has 0 atom stereocenters. The number of hydrogen-bond donors (Lipinski definition) is 2. The summed E-state index contributed by atoms with van der Waals surface area (Å²) in [6, 6.07) is 12.2. The molecule has 8 nitrogen and oxygen atoms in total. The van der Waals surface area contributed by atoms with Crippen LogP contribution in [0.4, 0.5) is 5.13 Å². The first-order valence-electron chi connectivity index (χ1n) is 14.3. The summed E-state index contributed by atoms with van der Waals surface area (Å²) in [6.07, 6.45) is 7.23. The second-order valence-electron chi connectivity index (χ2n) is 11.0. The fraction of sp³-hybridized carbons (Fsp3) is 0.281. The molecule has 0 unspecified atom stereocenters. The Morgan fingerprint density at radius 2 is 1.88 bits per heavy atom. The van der Waals surface area contributed by atoms with Crippen molar-refractivity contribution in [1.82, 2.24) is 19.5 Å². The zero-order valence-corrected chi connectivity index (χ0v) is 26.2. The fourth-order valence-electron chi connectivity index (χ4n) is 6.26. The minimum Gasteiger partial charge on any atom is -0.477 e. The molecule has 7 rings (SSSR count). The van der Waals surface area contributed by atoms with Gasteiger partial charge in [0.25, 0.3) is 0 Å². The Labute approximate surface area is 260 Å². The van der Waals surface area contributed by atoms with Crippen molar-refractivity contribution in [2.24, 2.45) is 0 Å². The number of benzene rings is 1. The highest BCUT2D eigenvalue weighted by Crippen LogP contribution is 2.47. The van der Waals surface area contributed by atoms with E-state index < -0.39 is 5.97 Å². The number of rotatable bonds is 7. The number of hydrogen-bond acceptors (Lipinski definition) is 8. The summed E-state index contributed by atoms with van der Waals surface area (Å²) < 4.78 is 2.98. The number of aromatic carboxylic acids is 1. The van der Waals surface area contributed by atoms with Crippen molar-refractivity contribution < 1.29 is 14.7 Å². The van der Waals surface area contributed by atoms with E-state index >= 15 is 0 Å². The average Bonchev–Trinajstić information content (AvgIpc) is 3.78. The molecular formula is C32H29N5O3S3. The highest BCUT2D eigenvalue weighted by molar-refractivity contribution is 7.21. The van der Waals surface area contributed by atoms with E-state index in [9.17, 15) is 14.7 Å². The highest BCUT2D eigenvalue weighted by atomic mass is 32.1. The van der Waals surface area contributed by atoms with Gasteiger partial charge in [0.2, 0.25) is 5.91 Å². The number of pyridine rings is 1. The Morgan fingerprint density at radius 3 is 2.60 bits per heavy atom. The zero-order chi connectivity index (χ0) is 29.7. The van der Waals surface area contributed by atoms with Crippen LogP contribution in [0.2, 0.25) is 0 Å². The largest absolute Gasteiger partial charge is 0.477 e. The van der Waals surface area contributed by atoms with Crippen molar-refractivity contribution in [3.8, 4) is 21.8 Å². The Kier molecular flexibility index (Phi) is 7.32. The normalized spacial score (nSPS) is 14.1. The summed E-state index contributed by atoms with van der Waals surface area (Å²) in [6.45, 7) is 4.07. The summed E-state index contributed by atoms with van der Waals surface area (Å²) >= 11 is 4.33. The highest BCUT2D eigenvalue weighted by Gasteiger charge is 2.30. The molecular weight excluding hydrogens is 599 g/mol. The van der Waals surface area contributed by atoms with Gasteiger partial charge >= 0.3 is 5.97 Å². The van der Waals surface area contributed by atoms with Crippen molar-refractivity contribution in [1.29, 1.82) is 0 Å². The van der Waals surface area contributed by atoms with Gasteiger partial charge in [-0.05, 0) is 68.0 Å². The van der Waals surface area contributed by atoms with Crippen LogP contribution >= 0.6 is 34.0 Å². The fourth-order valence-corrected chi connectivity index (χ4v) is 8.81. The molecule has 5 heterocycles. The van der Waals surface area contributed by atoms with Gasteiger partial charge in [0.1, 0.15) is 11.4 Å². The van der Waals surface area contributed by atoms with E-state index in [1.165, 1.54) is 29.1 Å². The first-order valence-corrected chi connectivity index (χ1v) is 16.8. The third kappa shape index (κ3) is 5.26. The number of carboxylic acid groups (broad SMARTS) is 1. The second kappa shape index (κ2) is 11.3. The SMILES string of the molecule is Cc1nc(C)c(-c2ccc3cc(-c4c(C5CCCCC5)c5sc(C(=O)O)cc5n4CC(=O)Nc4nccs4)ccc3n2)s1. The summed E-state index contributed by atoms with van der Waals surface area (Å²) in [7, 11) is 0. The Morgan fingerprint density at radius 1 is 1.05 bits per heavy atom. The van der Waals surface area contributed by atoms with Crippen molar-refractivity contribution in [2.75, 3.05) is 5.32 Å². The third-order valence-corrected chi connectivity index (χ3v) is 11.0. The maximum Gasteiger partial charge on any atom is 0.345 e. The summed E-state index contributed by atoms with van der Waals surface area (Å²) in [4.78, 5) is 40.5. The lowest BCUT2D eigenvalue weighted by Crippen LogP contribution is -2.19. The molecule has 0 spiro atoms. The molecule has 1 aliphatic carbocycles. The molecule has 2 N–H and O–H groups in total. The van der Waals surface area contributed by atoms with Gasteiger partial charge in [-0.25, -0.2) is 19.7 Å². The maximum absolute atomic E-state index is 13.4. The molecule has 6 aromatic rings. The summed E-state index contributed by atoms with van der Waals surface area (Å²) in [5.74, 6) is -0.854. The number of aromatic nitrogens is 4. The van der Waals surface area contributed by atoms with Gasteiger partial charge < -0.3 is 15.0 Å².